The summed E-state index contributed by atoms with van der Waals surface area (Å²) in [6, 6.07) is 3.94. The predicted molar refractivity (Wildman–Crippen MR) is 103 cm³/mol. The largest absolute Gasteiger partial charge is 0.444 e. The summed E-state index contributed by atoms with van der Waals surface area (Å²) >= 11 is 5.15. The average Bonchev–Trinajstić information content (AvgIpc) is 3.33. The van der Waals surface area contributed by atoms with Gasteiger partial charge in [0.05, 0.1) is 22.4 Å². The van der Waals surface area contributed by atoms with Crippen LogP contribution in [0.2, 0.25) is 0 Å². The van der Waals surface area contributed by atoms with E-state index in [9.17, 15) is 4.79 Å². The van der Waals surface area contributed by atoms with Gasteiger partial charge in [0, 0.05) is 10.6 Å². The van der Waals surface area contributed by atoms with E-state index in [-0.39, 0.29) is 5.56 Å². The lowest BCUT2D eigenvalue weighted by molar-refractivity contribution is 0.574. The van der Waals surface area contributed by atoms with Crippen molar-refractivity contribution >= 4 is 44.7 Å². The maximum Gasteiger partial charge on any atom is 0.259 e. The molecule has 5 heterocycles. The van der Waals surface area contributed by atoms with E-state index in [0.717, 1.165) is 38.7 Å². The lowest BCUT2D eigenvalue weighted by atomic mass is 10.1. The molecule has 0 fully saturated rings. The molecule has 1 aliphatic heterocycles. The topological polar surface area (TPSA) is 71.8 Å². The fraction of sp³-hybridized carbons (Fsp3) is 0.235. The first kappa shape index (κ1) is 15.4. The Labute approximate surface area is 155 Å². The molecule has 1 aliphatic rings. The van der Waals surface area contributed by atoms with Gasteiger partial charge in [-0.15, -0.1) is 22.7 Å². The highest BCUT2D eigenvalue weighted by atomic mass is 32.2. The average molecular weight is 388 g/mol. The molecule has 0 aromatic carbocycles. The van der Waals surface area contributed by atoms with Crippen LogP contribution in [0, 0.1) is 0 Å². The van der Waals surface area contributed by atoms with Gasteiger partial charge in [0.25, 0.3) is 5.56 Å². The van der Waals surface area contributed by atoms with Gasteiger partial charge in [0.2, 0.25) is 5.89 Å². The summed E-state index contributed by atoms with van der Waals surface area (Å²) in [6.07, 6.45) is 3.05. The molecule has 0 radical (unpaired) electrons. The molecular formula is C17H13N3O2S3. The van der Waals surface area contributed by atoms with Crippen molar-refractivity contribution in [2.75, 3.05) is 5.75 Å². The zero-order chi connectivity index (χ0) is 16.8. The van der Waals surface area contributed by atoms with Crippen molar-refractivity contribution in [1.82, 2.24) is 15.0 Å². The van der Waals surface area contributed by atoms with Crippen LogP contribution in [0.15, 0.2) is 33.0 Å². The number of oxazole rings is 1. The van der Waals surface area contributed by atoms with Crippen LogP contribution in [0.5, 0.6) is 0 Å². The summed E-state index contributed by atoms with van der Waals surface area (Å²) in [7, 11) is 0. The SMILES string of the molecule is O=c1[nH]c(Cc2coc(-c3cccs3)n2)nc2sc3c(c12)CCSC3. The normalized spacial score (nSPS) is 14.1. The van der Waals surface area contributed by atoms with Gasteiger partial charge in [-0.05, 0) is 29.2 Å². The number of fused-ring (bicyclic) bond motifs is 3. The lowest BCUT2D eigenvalue weighted by Crippen LogP contribution is -2.13. The molecule has 25 heavy (non-hydrogen) atoms. The van der Waals surface area contributed by atoms with Crippen LogP contribution < -0.4 is 5.56 Å². The summed E-state index contributed by atoms with van der Waals surface area (Å²) in [5.74, 6) is 3.30. The van der Waals surface area contributed by atoms with E-state index in [1.807, 2.05) is 29.3 Å². The minimum absolute atomic E-state index is 0.0358. The highest BCUT2D eigenvalue weighted by Crippen LogP contribution is 2.35. The number of H-pyrrole nitrogens is 1. The van der Waals surface area contributed by atoms with Crippen molar-refractivity contribution in [3.63, 3.8) is 0 Å². The molecular weight excluding hydrogens is 374 g/mol. The van der Waals surface area contributed by atoms with Crippen molar-refractivity contribution in [3.8, 4) is 10.8 Å². The number of aromatic amines is 1. The zero-order valence-corrected chi connectivity index (χ0v) is 15.5. The number of aryl methyl sites for hydroxylation is 1. The van der Waals surface area contributed by atoms with Gasteiger partial charge >= 0.3 is 0 Å². The van der Waals surface area contributed by atoms with Crippen molar-refractivity contribution in [3.05, 3.63) is 56.1 Å². The Morgan fingerprint density at radius 3 is 3.16 bits per heavy atom. The number of nitrogens with one attached hydrogen (secondary N) is 1. The second-order valence-corrected chi connectivity index (χ2v) is 8.93. The van der Waals surface area contributed by atoms with Gasteiger partial charge in [0.1, 0.15) is 16.9 Å². The van der Waals surface area contributed by atoms with E-state index in [1.54, 1.807) is 28.9 Å². The third-order valence-electron chi connectivity index (χ3n) is 4.16. The smallest absolute Gasteiger partial charge is 0.259 e. The van der Waals surface area contributed by atoms with E-state index in [1.165, 1.54) is 10.4 Å². The Hall–Kier alpha value is -1.90. The molecule has 126 valence electrons. The van der Waals surface area contributed by atoms with Gasteiger partial charge < -0.3 is 9.40 Å². The third kappa shape index (κ3) is 2.74. The van der Waals surface area contributed by atoms with Crippen LogP contribution in [-0.4, -0.2) is 20.7 Å². The molecule has 0 spiro atoms. The first-order valence-corrected chi connectivity index (χ1v) is 10.7. The lowest BCUT2D eigenvalue weighted by Gasteiger charge is -2.09. The van der Waals surface area contributed by atoms with Crippen LogP contribution in [0.3, 0.4) is 0 Å². The highest BCUT2D eigenvalue weighted by Gasteiger charge is 2.20. The summed E-state index contributed by atoms with van der Waals surface area (Å²) < 4.78 is 5.54. The quantitative estimate of drug-likeness (QED) is 0.573. The van der Waals surface area contributed by atoms with Gasteiger partial charge in [-0.3, -0.25) is 4.79 Å². The highest BCUT2D eigenvalue weighted by molar-refractivity contribution is 7.98. The maximum absolute atomic E-state index is 12.6. The molecule has 0 amide bonds. The van der Waals surface area contributed by atoms with E-state index in [0.29, 0.717) is 18.1 Å². The summed E-state index contributed by atoms with van der Waals surface area (Å²) in [4.78, 5) is 27.8. The van der Waals surface area contributed by atoms with E-state index >= 15 is 0 Å². The van der Waals surface area contributed by atoms with Gasteiger partial charge in [-0.1, -0.05) is 6.07 Å². The maximum atomic E-state index is 12.6. The molecule has 0 saturated heterocycles. The van der Waals surface area contributed by atoms with Crippen molar-refractivity contribution in [1.29, 1.82) is 0 Å². The van der Waals surface area contributed by atoms with Crippen molar-refractivity contribution in [2.45, 2.75) is 18.6 Å². The predicted octanol–water partition coefficient (Wildman–Crippen LogP) is 4.08. The summed E-state index contributed by atoms with van der Waals surface area (Å²) in [5, 5.41) is 2.77. The molecule has 5 rings (SSSR count). The number of thioether (sulfide) groups is 1. The number of hydrogen-bond acceptors (Lipinski definition) is 7. The van der Waals surface area contributed by atoms with Gasteiger partial charge in [-0.2, -0.15) is 11.8 Å². The summed E-state index contributed by atoms with van der Waals surface area (Å²) in [6.45, 7) is 0. The van der Waals surface area contributed by atoms with Crippen molar-refractivity contribution < 1.29 is 4.42 Å². The Balaban J connectivity index is 1.50. The Kier molecular flexibility index (Phi) is 3.76. The minimum Gasteiger partial charge on any atom is -0.444 e. The van der Waals surface area contributed by atoms with Gasteiger partial charge in [-0.25, -0.2) is 9.97 Å². The number of thiophene rings is 2. The Morgan fingerprint density at radius 2 is 2.28 bits per heavy atom. The molecule has 0 unspecified atom stereocenters. The summed E-state index contributed by atoms with van der Waals surface area (Å²) in [5.41, 5.74) is 1.93. The van der Waals surface area contributed by atoms with Crippen LogP contribution in [-0.2, 0) is 18.6 Å². The monoisotopic (exact) mass is 387 g/mol. The molecule has 0 atom stereocenters. The Morgan fingerprint density at radius 1 is 1.32 bits per heavy atom. The molecule has 4 aromatic heterocycles. The van der Waals surface area contributed by atoms with Crippen LogP contribution in [0.1, 0.15) is 22.0 Å². The third-order valence-corrected chi connectivity index (χ3v) is 7.31. The standard InChI is InChI=1S/C17H13N3O2S3/c21-15-14-10-3-5-23-8-12(10)25-17(14)20-13(19-15)6-9-7-22-16(18-9)11-2-1-4-24-11/h1-2,4,7H,3,5-6,8H2,(H,19,20,21). The molecule has 0 aliphatic carbocycles. The van der Waals surface area contributed by atoms with Crippen LogP contribution >= 0.6 is 34.4 Å². The molecule has 5 nitrogen and oxygen atoms in total. The van der Waals surface area contributed by atoms with E-state index < -0.39 is 0 Å². The number of aromatic nitrogens is 3. The molecule has 8 heteroatoms. The van der Waals surface area contributed by atoms with E-state index in [4.69, 9.17) is 4.42 Å². The fourth-order valence-corrected chi connectivity index (χ4v) is 6.06. The van der Waals surface area contributed by atoms with Crippen LogP contribution in [0.25, 0.3) is 21.0 Å². The Bertz CT molecular complexity index is 1110. The number of nitrogens with zero attached hydrogens (tertiary/aromatic N) is 2. The number of hydrogen-bond donors (Lipinski definition) is 1. The first-order chi connectivity index (χ1) is 12.3. The zero-order valence-electron chi connectivity index (χ0n) is 13.1. The van der Waals surface area contributed by atoms with E-state index in [2.05, 4.69) is 15.0 Å². The van der Waals surface area contributed by atoms with Gasteiger partial charge in [0.15, 0.2) is 0 Å². The second kappa shape index (κ2) is 6.12. The molecule has 1 N–H and O–H groups in total. The van der Waals surface area contributed by atoms with Crippen LogP contribution in [0.4, 0.5) is 0 Å². The molecule has 4 aromatic rings. The first-order valence-electron chi connectivity index (χ1n) is 7.87. The molecule has 0 bridgehead atoms. The second-order valence-electron chi connectivity index (χ2n) is 5.80. The molecule has 0 saturated carbocycles. The minimum atomic E-state index is -0.0358. The fourth-order valence-electron chi connectivity index (χ4n) is 3.03. The van der Waals surface area contributed by atoms with Crippen molar-refractivity contribution in [2.24, 2.45) is 0 Å². The number of rotatable bonds is 3.